The minimum atomic E-state index is 0.303. The molecule has 0 radical (unpaired) electrons. The Hall–Kier alpha value is -1.50. The smallest absolute Gasteiger partial charge is 0.131 e. The number of halogens is 4. The number of H-pyrrole nitrogens is 1. The van der Waals surface area contributed by atoms with Crippen LogP contribution in [0, 0.1) is 0 Å². The number of hydrogen-bond donors (Lipinski definition) is 1. The molecular weight excluding hydrogens is 466 g/mol. The Labute approximate surface area is 196 Å². The molecule has 0 bridgehead atoms. The van der Waals surface area contributed by atoms with Gasteiger partial charge in [-0.05, 0) is 66.1 Å². The molecule has 1 unspecified atom stereocenters. The normalized spacial score (nSPS) is 12.4. The highest BCUT2D eigenvalue weighted by Gasteiger charge is 2.14. The molecule has 1 N–H and O–H groups in total. The first-order chi connectivity index (χ1) is 14.4. The lowest BCUT2D eigenvalue weighted by molar-refractivity contribution is 0.306. The largest absolute Gasteiger partial charge is 0.489 e. The molecule has 0 saturated carbocycles. The van der Waals surface area contributed by atoms with Crippen molar-refractivity contribution in [3.8, 4) is 17.0 Å². The second-order valence-corrected chi connectivity index (χ2v) is 8.61. The molecule has 0 saturated heterocycles. The Morgan fingerprint density at radius 3 is 2.50 bits per heavy atom. The summed E-state index contributed by atoms with van der Waals surface area (Å²) in [5.74, 6) is 0.943. The van der Waals surface area contributed by atoms with Crippen LogP contribution in [0.15, 0.2) is 36.4 Å². The number of pyridine rings is 1. The molecule has 3 rings (SSSR count). The second kappa shape index (κ2) is 10.7. The standard InChI is InChI=1S/C21H22Cl4N4O/c1-3-29(25)7-6-13(2)18-11-19(28-27-18)16-5-4-15(10-17(16)22)30-12-14-8-20(23)26-21(24)9-14/h4-5,8-11,13H,3,6-7,12H2,1-2H3,(H,27,28). The van der Waals surface area contributed by atoms with E-state index in [1.54, 1.807) is 22.6 Å². The molecule has 160 valence electrons. The van der Waals surface area contributed by atoms with Crippen molar-refractivity contribution < 1.29 is 4.74 Å². The molecule has 0 fully saturated rings. The molecule has 3 aromatic rings. The third kappa shape index (κ3) is 6.25. The Balaban J connectivity index is 1.66. The number of rotatable bonds is 9. The molecule has 0 aliphatic carbocycles. The summed E-state index contributed by atoms with van der Waals surface area (Å²) >= 11 is 24.4. The first-order valence-electron chi connectivity index (χ1n) is 9.56. The highest BCUT2D eigenvalue weighted by Crippen LogP contribution is 2.32. The topological polar surface area (TPSA) is 54.0 Å². The first kappa shape index (κ1) is 23.2. The fourth-order valence-electron chi connectivity index (χ4n) is 2.93. The van der Waals surface area contributed by atoms with E-state index in [-0.39, 0.29) is 0 Å². The Morgan fingerprint density at radius 1 is 1.10 bits per heavy atom. The lowest BCUT2D eigenvalue weighted by atomic mass is 10.0. The van der Waals surface area contributed by atoms with E-state index in [9.17, 15) is 0 Å². The first-order valence-corrected chi connectivity index (χ1v) is 11.0. The average molecular weight is 488 g/mol. The molecule has 2 heterocycles. The van der Waals surface area contributed by atoms with Crippen molar-refractivity contribution >= 4 is 46.6 Å². The van der Waals surface area contributed by atoms with Gasteiger partial charge in [0.15, 0.2) is 0 Å². The van der Waals surface area contributed by atoms with E-state index in [2.05, 4.69) is 22.1 Å². The number of aromatic amines is 1. The number of benzene rings is 1. The Bertz CT molecular complexity index is 975. The predicted molar refractivity (Wildman–Crippen MR) is 124 cm³/mol. The van der Waals surface area contributed by atoms with E-state index >= 15 is 0 Å². The van der Waals surface area contributed by atoms with E-state index in [4.69, 9.17) is 51.3 Å². The summed E-state index contributed by atoms with van der Waals surface area (Å²) in [4.78, 5) is 3.92. The van der Waals surface area contributed by atoms with Crippen LogP contribution in [0.1, 0.15) is 37.4 Å². The van der Waals surface area contributed by atoms with Crippen LogP contribution >= 0.6 is 46.6 Å². The van der Waals surface area contributed by atoms with Gasteiger partial charge in [-0.15, -0.1) is 0 Å². The quantitative estimate of drug-likeness (QED) is 0.261. The van der Waals surface area contributed by atoms with Crippen molar-refractivity contribution in [1.82, 2.24) is 19.6 Å². The molecule has 5 nitrogen and oxygen atoms in total. The minimum Gasteiger partial charge on any atom is -0.489 e. The molecular formula is C21H22Cl4N4O. The fraction of sp³-hybridized carbons (Fsp3) is 0.333. The maximum atomic E-state index is 6.50. The SMILES string of the molecule is CCN(Cl)CCC(C)c1cc(-c2ccc(OCc3cc(Cl)nc(Cl)c3)cc2Cl)n[nH]1. The zero-order valence-electron chi connectivity index (χ0n) is 16.6. The maximum Gasteiger partial charge on any atom is 0.131 e. The van der Waals surface area contributed by atoms with Gasteiger partial charge in [0.1, 0.15) is 22.7 Å². The van der Waals surface area contributed by atoms with Gasteiger partial charge in [0.25, 0.3) is 0 Å². The van der Waals surface area contributed by atoms with E-state index in [1.807, 2.05) is 25.1 Å². The molecule has 30 heavy (non-hydrogen) atoms. The van der Waals surface area contributed by atoms with Crippen LogP contribution in [-0.2, 0) is 6.61 Å². The minimum absolute atomic E-state index is 0.303. The maximum absolute atomic E-state index is 6.50. The monoisotopic (exact) mass is 486 g/mol. The molecule has 2 aromatic heterocycles. The van der Waals surface area contributed by atoms with Crippen molar-refractivity contribution in [2.45, 2.75) is 32.8 Å². The second-order valence-electron chi connectivity index (χ2n) is 6.95. The van der Waals surface area contributed by atoms with E-state index in [1.165, 1.54) is 0 Å². The van der Waals surface area contributed by atoms with Gasteiger partial charge in [0.05, 0.1) is 10.7 Å². The summed E-state index contributed by atoms with van der Waals surface area (Å²) in [5.41, 5.74) is 3.50. The average Bonchev–Trinajstić information content (AvgIpc) is 3.19. The Kier molecular flexibility index (Phi) is 8.26. The zero-order chi connectivity index (χ0) is 21.7. The lowest BCUT2D eigenvalue weighted by Gasteiger charge is -2.14. The summed E-state index contributed by atoms with van der Waals surface area (Å²) in [6, 6.07) is 11.0. The van der Waals surface area contributed by atoms with Gasteiger partial charge in [0.2, 0.25) is 0 Å². The summed E-state index contributed by atoms with van der Waals surface area (Å²) in [7, 11) is 0. The van der Waals surface area contributed by atoms with Crippen LogP contribution in [0.3, 0.4) is 0 Å². The molecule has 1 aromatic carbocycles. The highest BCUT2D eigenvalue weighted by molar-refractivity contribution is 6.33. The molecule has 0 aliphatic heterocycles. The third-order valence-corrected chi connectivity index (χ3v) is 5.83. The van der Waals surface area contributed by atoms with Gasteiger partial charge in [-0.25, -0.2) is 9.40 Å². The van der Waals surface area contributed by atoms with Crippen LogP contribution in [0.2, 0.25) is 15.3 Å². The number of hydrogen-bond acceptors (Lipinski definition) is 4. The number of aromatic nitrogens is 3. The highest BCUT2D eigenvalue weighted by atomic mass is 35.5. The predicted octanol–water partition coefficient (Wildman–Crippen LogP) is 6.98. The number of nitrogens with zero attached hydrogens (tertiary/aromatic N) is 3. The third-order valence-electron chi connectivity index (χ3n) is 4.72. The summed E-state index contributed by atoms with van der Waals surface area (Å²) in [5, 5.41) is 8.75. The van der Waals surface area contributed by atoms with Gasteiger partial charge in [0, 0.05) is 24.3 Å². The van der Waals surface area contributed by atoms with E-state index < -0.39 is 0 Å². The van der Waals surface area contributed by atoms with Crippen molar-refractivity contribution in [1.29, 1.82) is 0 Å². The molecule has 0 aliphatic rings. The lowest BCUT2D eigenvalue weighted by Crippen LogP contribution is -2.14. The summed E-state index contributed by atoms with van der Waals surface area (Å²) in [6.07, 6.45) is 0.933. The molecule has 0 amide bonds. The van der Waals surface area contributed by atoms with Gasteiger partial charge in [-0.2, -0.15) is 5.10 Å². The van der Waals surface area contributed by atoms with Crippen LogP contribution in [-0.4, -0.2) is 32.7 Å². The summed E-state index contributed by atoms with van der Waals surface area (Å²) < 4.78 is 7.58. The molecule has 9 heteroatoms. The van der Waals surface area contributed by atoms with Gasteiger partial charge < -0.3 is 4.74 Å². The van der Waals surface area contributed by atoms with Gasteiger partial charge in [-0.1, -0.05) is 48.7 Å². The molecule has 1 atom stereocenters. The van der Waals surface area contributed by atoms with E-state index in [0.29, 0.717) is 33.6 Å². The van der Waals surface area contributed by atoms with Crippen molar-refractivity contribution in [3.63, 3.8) is 0 Å². The molecule has 0 spiro atoms. The van der Waals surface area contributed by atoms with Crippen molar-refractivity contribution in [3.05, 3.63) is 63.0 Å². The fourth-order valence-corrected chi connectivity index (χ4v) is 3.80. The van der Waals surface area contributed by atoms with Crippen molar-refractivity contribution in [2.75, 3.05) is 13.1 Å². The Morgan fingerprint density at radius 2 is 1.83 bits per heavy atom. The van der Waals surface area contributed by atoms with Crippen LogP contribution in [0.4, 0.5) is 0 Å². The van der Waals surface area contributed by atoms with Crippen LogP contribution in [0.5, 0.6) is 5.75 Å². The summed E-state index contributed by atoms with van der Waals surface area (Å²) in [6.45, 7) is 6.11. The van der Waals surface area contributed by atoms with Crippen LogP contribution < -0.4 is 4.74 Å². The van der Waals surface area contributed by atoms with E-state index in [0.717, 1.165) is 42.0 Å². The van der Waals surface area contributed by atoms with Gasteiger partial charge in [-0.3, -0.25) is 5.10 Å². The zero-order valence-corrected chi connectivity index (χ0v) is 19.7. The van der Waals surface area contributed by atoms with Crippen molar-refractivity contribution in [2.24, 2.45) is 0 Å². The number of ether oxygens (including phenoxy) is 1. The number of nitrogens with one attached hydrogen (secondary N) is 1. The van der Waals surface area contributed by atoms with Crippen LogP contribution in [0.25, 0.3) is 11.3 Å². The van der Waals surface area contributed by atoms with Gasteiger partial charge >= 0.3 is 0 Å².